The van der Waals surface area contributed by atoms with Crippen LogP contribution >= 0.6 is 11.6 Å². The SMILES string of the molecule is COC1CCC(F)CC1C1=NC(C2CCC(Cl)CC2)C(C2CCCC(C)C2)N1C(=O)N1CCNC(=O)C1. The highest BCUT2D eigenvalue weighted by Crippen LogP contribution is 2.45. The summed E-state index contributed by atoms with van der Waals surface area (Å²) in [6.07, 6.45) is 8.84. The fourth-order valence-corrected chi connectivity index (χ4v) is 8.03. The van der Waals surface area contributed by atoms with Crippen LogP contribution in [0.15, 0.2) is 4.99 Å². The van der Waals surface area contributed by atoms with E-state index < -0.39 is 6.17 Å². The van der Waals surface area contributed by atoms with Crippen molar-refractivity contribution in [2.45, 2.75) is 107 Å². The fourth-order valence-electron chi connectivity index (χ4n) is 7.78. The van der Waals surface area contributed by atoms with Gasteiger partial charge in [0.15, 0.2) is 0 Å². The standard InChI is InChI=1S/C28H44ClFN4O3/c1-17-4-3-5-19(14-17)26-25(18-6-8-20(29)9-7-18)32-27(22-15-21(30)10-11-23(22)37-2)34(26)28(36)33-13-12-31-24(35)16-33/h17-23,25-26H,3-16H2,1-2H3,(H,31,35). The van der Waals surface area contributed by atoms with E-state index >= 15 is 0 Å². The lowest BCUT2D eigenvalue weighted by Crippen LogP contribution is -2.60. The smallest absolute Gasteiger partial charge is 0.326 e. The molecule has 0 aromatic heterocycles. The molecule has 2 heterocycles. The summed E-state index contributed by atoms with van der Waals surface area (Å²) in [6.45, 7) is 3.31. The Morgan fingerprint density at radius 2 is 1.86 bits per heavy atom. The number of carbonyl (C=O) groups is 2. The van der Waals surface area contributed by atoms with E-state index in [2.05, 4.69) is 12.2 Å². The zero-order valence-electron chi connectivity index (χ0n) is 22.4. The Kier molecular flexibility index (Phi) is 8.64. The second kappa shape index (κ2) is 11.8. The van der Waals surface area contributed by atoms with E-state index in [1.54, 1.807) is 12.0 Å². The maximum absolute atomic E-state index is 14.8. The Labute approximate surface area is 225 Å². The summed E-state index contributed by atoms with van der Waals surface area (Å²) < 4.78 is 20.7. The summed E-state index contributed by atoms with van der Waals surface area (Å²) in [5.41, 5.74) is 0. The van der Waals surface area contributed by atoms with E-state index in [1.165, 1.54) is 6.42 Å². The Balaban J connectivity index is 1.54. The van der Waals surface area contributed by atoms with Crippen LogP contribution in [0.2, 0.25) is 0 Å². The van der Waals surface area contributed by atoms with Crippen molar-refractivity contribution in [3.8, 4) is 0 Å². The van der Waals surface area contributed by atoms with Gasteiger partial charge in [-0.05, 0) is 75.5 Å². The predicted molar refractivity (Wildman–Crippen MR) is 143 cm³/mol. The van der Waals surface area contributed by atoms with Gasteiger partial charge in [-0.25, -0.2) is 9.18 Å². The molecule has 4 fully saturated rings. The first-order valence-electron chi connectivity index (χ1n) is 14.6. The number of rotatable bonds is 4. The van der Waals surface area contributed by atoms with Crippen LogP contribution in [-0.2, 0) is 9.53 Å². The summed E-state index contributed by atoms with van der Waals surface area (Å²) >= 11 is 6.49. The highest BCUT2D eigenvalue weighted by atomic mass is 35.5. The lowest BCUT2D eigenvalue weighted by molar-refractivity contribution is -0.123. The molecule has 5 aliphatic rings. The molecule has 0 bridgehead atoms. The van der Waals surface area contributed by atoms with Gasteiger partial charge < -0.3 is 15.0 Å². The van der Waals surface area contributed by atoms with Crippen LogP contribution in [0.1, 0.15) is 77.6 Å². The maximum atomic E-state index is 14.8. The van der Waals surface area contributed by atoms with Crippen LogP contribution in [0.3, 0.4) is 0 Å². The average molecular weight is 539 g/mol. The van der Waals surface area contributed by atoms with Gasteiger partial charge in [0.05, 0.1) is 18.2 Å². The van der Waals surface area contributed by atoms with Crippen molar-refractivity contribution < 1.29 is 18.7 Å². The average Bonchev–Trinajstić information content (AvgIpc) is 3.29. The number of aliphatic imine (C=N–C) groups is 1. The first kappa shape index (κ1) is 27.2. The van der Waals surface area contributed by atoms with Crippen molar-refractivity contribution in [2.24, 2.45) is 28.7 Å². The number of carbonyl (C=O) groups excluding carboxylic acids is 2. The third-order valence-electron chi connectivity index (χ3n) is 9.69. The molecule has 0 aromatic rings. The molecule has 3 amide bonds. The van der Waals surface area contributed by atoms with Gasteiger partial charge in [0, 0.05) is 31.5 Å². The molecule has 0 spiro atoms. The summed E-state index contributed by atoms with van der Waals surface area (Å²) in [7, 11) is 1.69. The van der Waals surface area contributed by atoms with E-state index in [-0.39, 0.29) is 48.0 Å². The lowest BCUT2D eigenvalue weighted by Gasteiger charge is -2.44. The van der Waals surface area contributed by atoms with Gasteiger partial charge in [0.25, 0.3) is 0 Å². The van der Waals surface area contributed by atoms with E-state index in [0.717, 1.165) is 44.9 Å². The lowest BCUT2D eigenvalue weighted by atomic mass is 9.72. The third kappa shape index (κ3) is 5.80. The molecule has 0 aromatic carbocycles. The van der Waals surface area contributed by atoms with Crippen molar-refractivity contribution in [1.29, 1.82) is 0 Å². The van der Waals surface area contributed by atoms with E-state index in [4.69, 9.17) is 21.3 Å². The number of piperazine rings is 1. The Morgan fingerprint density at radius 1 is 1.08 bits per heavy atom. The Hall–Kier alpha value is -1.41. The number of methoxy groups -OCH3 is 1. The van der Waals surface area contributed by atoms with Gasteiger partial charge in [-0.3, -0.25) is 14.7 Å². The normalized spacial score (nSPS) is 41.4. The molecule has 0 radical (unpaired) electrons. The fraction of sp³-hybridized carbons (Fsp3) is 0.893. The molecule has 37 heavy (non-hydrogen) atoms. The minimum atomic E-state index is -0.921. The number of halogens is 2. The minimum absolute atomic E-state index is 0.00507. The van der Waals surface area contributed by atoms with Gasteiger partial charge in [0.1, 0.15) is 18.6 Å². The Bertz CT molecular complexity index is 866. The molecule has 7 atom stereocenters. The number of hydrogen-bond donors (Lipinski definition) is 1. The molecule has 2 aliphatic heterocycles. The van der Waals surface area contributed by atoms with E-state index in [0.29, 0.717) is 55.9 Å². The van der Waals surface area contributed by atoms with Crippen molar-refractivity contribution in [1.82, 2.24) is 15.1 Å². The molecule has 208 valence electrons. The van der Waals surface area contributed by atoms with Gasteiger partial charge in [-0.1, -0.05) is 19.8 Å². The largest absolute Gasteiger partial charge is 0.381 e. The predicted octanol–water partition coefficient (Wildman–Crippen LogP) is 4.77. The molecule has 7 nitrogen and oxygen atoms in total. The second-order valence-electron chi connectivity index (χ2n) is 12.2. The van der Waals surface area contributed by atoms with Crippen LogP contribution in [0.25, 0.3) is 0 Å². The van der Waals surface area contributed by atoms with Gasteiger partial charge in [-0.2, -0.15) is 0 Å². The van der Waals surface area contributed by atoms with Crippen molar-refractivity contribution >= 4 is 29.4 Å². The number of alkyl halides is 2. The number of amidine groups is 1. The zero-order chi connectivity index (χ0) is 26.1. The van der Waals surface area contributed by atoms with Crippen molar-refractivity contribution in [2.75, 3.05) is 26.7 Å². The maximum Gasteiger partial charge on any atom is 0.326 e. The minimum Gasteiger partial charge on any atom is -0.381 e. The van der Waals surface area contributed by atoms with Crippen molar-refractivity contribution in [3.63, 3.8) is 0 Å². The summed E-state index contributed by atoms with van der Waals surface area (Å²) in [5, 5.41) is 3.05. The molecular formula is C28H44ClFN4O3. The number of amides is 3. The third-order valence-corrected chi connectivity index (χ3v) is 10.1. The topological polar surface area (TPSA) is 74.2 Å². The number of nitrogens with one attached hydrogen (secondary N) is 1. The molecular weight excluding hydrogens is 495 g/mol. The Morgan fingerprint density at radius 3 is 2.57 bits per heavy atom. The second-order valence-corrected chi connectivity index (χ2v) is 12.8. The zero-order valence-corrected chi connectivity index (χ0v) is 23.2. The number of urea groups is 1. The molecule has 7 unspecified atom stereocenters. The van der Waals surface area contributed by atoms with E-state index in [9.17, 15) is 14.0 Å². The number of ether oxygens (including phenoxy) is 1. The summed E-state index contributed by atoms with van der Waals surface area (Å²) in [5.74, 6) is 1.64. The van der Waals surface area contributed by atoms with Gasteiger partial charge >= 0.3 is 6.03 Å². The molecule has 3 aliphatic carbocycles. The van der Waals surface area contributed by atoms with Gasteiger partial charge in [0.2, 0.25) is 5.91 Å². The van der Waals surface area contributed by atoms with Crippen LogP contribution in [0, 0.1) is 23.7 Å². The molecule has 5 rings (SSSR count). The van der Waals surface area contributed by atoms with Crippen LogP contribution in [0.5, 0.6) is 0 Å². The molecule has 1 N–H and O–H groups in total. The first-order chi connectivity index (χ1) is 17.9. The monoisotopic (exact) mass is 538 g/mol. The summed E-state index contributed by atoms with van der Waals surface area (Å²) in [4.78, 5) is 35.6. The van der Waals surface area contributed by atoms with Crippen LogP contribution < -0.4 is 5.32 Å². The first-order valence-corrected chi connectivity index (χ1v) is 15.0. The highest BCUT2D eigenvalue weighted by Gasteiger charge is 2.52. The number of nitrogens with zero attached hydrogens (tertiary/aromatic N) is 3. The van der Waals surface area contributed by atoms with Gasteiger partial charge in [-0.15, -0.1) is 11.6 Å². The summed E-state index contributed by atoms with van der Waals surface area (Å²) in [6, 6.07) is -0.194. The van der Waals surface area contributed by atoms with Crippen LogP contribution in [-0.4, -0.2) is 84.1 Å². The highest BCUT2D eigenvalue weighted by molar-refractivity contribution is 6.20. The molecule has 1 saturated heterocycles. The molecule has 3 saturated carbocycles. The quantitative estimate of drug-likeness (QED) is 0.524. The number of hydrogen-bond acceptors (Lipinski definition) is 4. The van der Waals surface area contributed by atoms with E-state index in [1.807, 2.05) is 4.90 Å². The van der Waals surface area contributed by atoms with Crippen molar-refractivity contribution in [3.05, 3.63) is 0 Å². The van der Waals surface area contributed by atoms with Crippen LogP contribution in [0.4, 0.5) is 9.18 Å². The molecule has 9 heteroatoms.